The summed E-state index contributed by atoms with van der Waals surface area (Å²) in [5, 5.41) is 5.76. The maximum absolute atomic E-state index is 12.2. The average Bonchev–Trinajstić information content (AvgIpc) is 3.51. The van der Waals surface area contributed by atoms with E-state index in [1.807, 2.05) is 31.2 Å². The maximum Gasteiger partial charge on any atom is 0.269 e. The summed E-state index contributed by atoms with van der Waals surface area (Å²) in [6.07, 6.45) is 1.82. The van der Waals surface area contributed by atoms with Crippen LogP contribution in [0, 0.1) is 12.8 Å². The fraction of sp³-hybridized carbons (Fsp3) is 0.250. The Morgan fingerprint density at radius 3 is 2.41 bits per heavy atom. The molecule has 140 valence electrons. The van der Waals surface area contributed by atoms with Gasteiger partial charge in [0, 0.05) is 22.9 Å². The molecule has 2 aromatic rings. The molecule has 1 aliphatic carbocycles. The molecule has 1 fully saturated rings. The SMILES string of the molecule is Cc1ccc(NCC(=O)NNC(=O)c2cccc(NC(=O)C3CC3)c2)cc1. The highest BCUT2D eigenvalue weighted by molar-refractivity contribution is 5.98. The summed E-state index contributed by atoms with van der Waals surface area (Å²) >= 11 is 0. The third kappa shape index (κ3) is 5.57. The molecular formula is C20H22N4O3. The molecule has 0 radical (unpaired) electrons. The molecule has 0 aliphatic heterocycles. The van der Waals surface area contributed by atoms with Crippen LogP contribution in [0.1, 0.15) is 28.8 Å². The highest BCUT2D eigenvalue weighted by Crippen LogP contribution is 2.30. The van der Waals surface area contributed by atoms with Gasteiger partial charge in [0.15, 0.2) is 0 Å². The number of hydrogen-bond acceptors (Lipinski definition) is 4. The Bertz CT molecular complexity index is 845. The number of anilines is 2. The number of benzene rings is 2. The largest absolute Gasteiger partial charge is 0.376 e. The molecule has 0 unspecified atom stereocenters. The standard InChI is InChI=1S/C20H22N4O3/c1-13-5-9-16(10-6-13)21-12-18(25)23-24-20(27)15-3-2-4-17(11-15)22-19(26)14-7-8-14/h2-6,9-11,14,21H,7-8,12H2,1H3,(H,22,26)(H,23,25)(H,24,27). The van der Waals surface area contributed by atoms with Crippen molar-refractivity contribution in [3.63, 3.8) is 0 Å². The summed E-state index contributed by atoms with van der Waals surface area (Å²) in [5.41, 5.74) is 7.59. The molecule has 7 nitrogen and oxygen atoms in total. The number of rotatable bonds is 6. The average molecular weight is 366 g/mol. The number of amides is 3. The first-order valence-corrected chi connectivity index (χ1v) is 8.82. The van der Waals surface area contributed by atoms with Gasteiger partial charge in [-0.15, -0.1) is 0 Å². The van der Waals surface area contributed by atoms with E-state index in [4.69, 9.17) is 0 Å². The van der Waals surface area contributed by atoms with Crippen LogP contribution in [0.2, 0.25) is 0 Å². The molecule has 0 spiro atoms. The number of hydrazine groups is 1. The fourth-order valence-corrected chi connectivity index (χ4v) is 2.42. The maximum atomic E-state index is 12.2. The van der Waals surface area contributed by atoms with Gasteiger partial charge in [0.1, 0.15) is 0 Å². The second kappa shape index (κ2) is 8.35. The Morgan fingerprint density at radius 2 is 1.70 bits per heavy atom. The van der Waals surface area contributed by atoms with Gasteiger partial charge in [-0.2, -0.15) is 0 Å². The predicted octanol–water partition coefficient (Wildman–Crippen LogP) is 2.22. The molecular weight excluding hydrogens is 344 g/mol. The van der Waals surface area contributed by atoms with Crippen molar-refractivity contribution in [3.8, 4) is 0 Å². The molecule has 1 aliphatic rings. The molecule has 3 amide bonds. The number of nitrogens with one attached hydrogen (secondary N) is 4. The number of carbonyl (C=O) groups is 3. The van der Waals surface area contributed by atoms with Gasteiger partial charge in [-0.05, 0) is 50.1 Å². The van der Waals surface area contributed by atoms with E-state index in [1.165, 1.54) is 0 Å². The third-order valence-corrected chi connectivity index (χ3v) is 4.16. The van der Waals surface area contributed by atoms with Gasteiger partial charge in [0.05, 0.1) is 6.54 Å². The predicted molar refractivity (Wildman–Crippen MR) is 103 cm³/mol. The molecule has 0 saturated heterocycles. The van der Waals surface area contributed by atoms with Crippen LogP contribution >= 0.6 is 0 Å². The Hall–Kier alpha value is -3.35. The molecule has 0 heterocycles. The molecule has 2 aromatic carbocycles. The van der Waals surface area contributed by atoms with Gasteiger partial charge in [-0.1, -0.05) is 23.8 Å². The molecule has 0 atom stereocenters. The van der Waals surface area contributed by atoms with Crippen molar-refractivity contribution in [1.29, 1.82) is 0 Å². The number of aryl methyl sites for hydroxylation is 1. The van der Waals surface area contributed by atoms with Crippen molar-refractivity contribution in [2.45, 2.75) is 19.8 Å². The molecule has 1 saturated carbocycles. The zero-order valence-corrected chi connectivity index (χ0v) is 15.0. The minimum Gasteiger partial charge on any atom is -0.376 e. The van der Waals surface area contributed by atoms with E-state index in [-0.39, 0.29) is 24.3 Å². The summed E-state index contributed by atoms with van der Waals surface area (Å²) in [4.78, 5) is 35.9. The van der Waals surface area contributed by atoms with Gasteiger partial charge in [0.25, 0.3) is 11.8 Å². The van der Waals surface area contributed by atoms with E-state index < -0.39 is 5.91 Å². The van der Waals surface area contributed by atoms with Crippen molar-refractivity contribution in [2.75, 3.05) is 17.2 Å². The lowest BCUT2D eigenvalue weighted by molar-refractivity contribution is -0.120. The van der Waals surface area contributed by atoms with E-state index in [9.17, 15) is 14.4 Å². The van der Waals surface area contributed by atoms with Gasteiger partial charge < -0.3 is 10.6 Å². The van der Waals surface area contributed by atoms with Gasteiger partial charge >= 0.3 is 0 Å². The summed E-state index contributed by atoms with van der Waals surface area (Å²) in [5.74, 6) is -0.769. The monoisotopic (exact) mass is 366 g/mol. The number of carbonyl (C=O) groups excluding carboxylic acids is 3. The first kappa shape index (κ1) is 18.4. The van der Waals surface area contributed by atoms with Crippen molar-refractivity contribution in [2.24, 2.45) is 5.92 Å². The van der Waals surface area contributed by atoms with Crippen LogP contribution in [0.3, 0.4) is 0 Å². The van der Waals surface area contributed by atoms with Crippen molar-refractivity contribution in [1.82, 2.24) is 10.9 Å². The Kier molecular flexibility index (Phi) is 5.71. The quantitative estimate of drug-likeness (QED) is 0.589. The minimum absolute atomic E-state index is 0.0250. The molecule has 3 rings (SSSR count). The Balaban J connectivity index is 1.46. The van der Waals surface area contributed by atoms with Gasteiger partial charge in [-0.3, -0.25) is 25.2 Å². The zero-order valence-electron chi connectivity index (χ0n) is 15.0. The van der Waals surface area contributed by atoms with Crippen molar-refractivity contribution < 1.29 is 14.4 Å². The third-order valence-electron chi connectivity index (χ3n) is 4.16. The van der Waals surface area contributed by atoms with Crippen molar-refractivity contribution >= 4 is 29.1 Å². The molecule has 27 heavy (non-hydrogen) atoms. The van der Waals surface area contributed by atoms with Crippen LogP contribution in [0.5, 0.6) is 0 Å². The second-order valence-corrected chi connectivity index (χ2v) is 6.57. The summed E-state index contributed by atoms with van der Waals surface area (Å²) in [6, 6.07) is 14.2. The van der Waals surface area contributed by atoms with E-state index in [0.717, 1.165) is 24.1 Å². The topological polar surface area (TPSA) is 99.3 Å². The first-order valence-electron chi connectivity index (χ1n) is 8.82. The van der Waals surface area contributed by atoms with E-state index in [0.29, 0.717) is 11.3 Å². The smallest absolute Gasteiger partial charge is 0.269 e. The van der Waals surface area contributed by atoms with Crippen molar-refractivity contribution in [3.05, 3.63) is 59.7 Å². The van der Waals surface area contributed by atoms with Crippen LogP contribution in [-0.4, -0.2) is 24.3 Å². The van der Waals surface area contributed by atoms with Crippen LogP contribution in [0.25, 0.3) is 0 Å². The highest BCUT2D eigenvalue weighted by atomic mass is 16.2. The molecule has 4 N–H and O–H groups in total. The van der Waals surface area contributed by atoms with E-state index >= 15 is 0 Å². The zero-order chi connectivity index (χ0) is 19.2. The van der Waals surface area contributed by atoms with Crippen LogP contribution in [0.15, 0.2) is 48.5 Å². The molecule has 7 heteroatoms. The highest BCUT2D eigenvalue weighted by Gasteiger charge is 2.29. The van der Waals surface area contributed by atoms with Crippen LogP contribution in [-0.2, 0) is 9.59 Å². The lowest BCUT2D eigenvalue weighted by atomic mass is 10.2. The first-order chi connectivity index (χ1) is 13.0. The Morgan fingerprint density at radius 1 is 0.963 bits per heavy atom. The normalized spacial score (nSPS) is 12.8. The summed E-state index contributed by atoms with van der Waals surface area (Å²) < 4.78 is 0. The fourth-order valence-electron chi connectivity index (χ4n) is 2.42. The van der Waals surface area contributed by atoms with E-state index in [2.05, 4.69) is 21.5 Å². The van der Waals surface area contributed by atoms with Crippen LogP contribution in [0.4, 0.5) is 11.4 Å². The minimum atomic E-state index is -0.457. The summed E-state index contributed by atoms with van der Waals surface area (Å²) in [6.45, 7) is 2.01. The summed E-state index contributed by atoms with van der Waals surface area (Å²) in [7, 11) is 0. The second-order valence-electron chi connectivity index (χ2n) is 6.57. The Labute approximate surface area is 157 Å². The van der Waals surface area contributed by atoms with Gasteiger partial charge in [0.2, 0.25) is 5.91 Å². The van der Waals surface area contributed by atoms with Gasteiger partial charge in [-0.25, -0.2) is 0 Å². The lowest BCUT2D eigenvalue weighted by Crippen LogP contribution is -2.44. The number of hydrogen-bond donors (Lipinski definition) is 4. The molecule has 0 bridgehead atoms. The van der Waals surface area contributed by atoms with Crippen LogP contribution < -0.4 is 21.5 Å². The lowest BCUT2D eigenvalue weighted by Gasteiger charge is -2.10. The molecule has 0 aromatic heterocycles. The van der Waals surface area contributed by atoms with E-state index in [1.54, 1.807) is 24.3 Å².